The van der Waals surface area contributed by atoms with Crippen LogP contribution >= 0.6 is 22.9 Å². The minimum Gasteiger partial charge on any atom is -0.341 e. The second kappa shape index (κ2) is 6.68. The fraction of sp³-hybridized carbons (Fsp3) is 0.500. The number of aromatic nitrogens is 3. The van der Waals surface area contributed by atoms with Crippen LogP contribution in [-0.4, -0.2) is 46.0 Å². The molecule has 112 valence electrons. The Morgan fingerprint density at radius 2 is 2.00 bits per heavy atom. The van der Waals surface area contributed by atoms with Crippen LogP contribution in [-0.2, 0) is 6.54 Å². The molecule has 1 saturated heterocycles. The predicted octanol–water partition coefficient (Wildman–Crippen LogP) is 2.69. The molecule has 0 aromatic carbocycles. The fourth-order valence-corrected chi connectivity index (χ4v) is 3.39. The van der Waals surface area contributed by atoms with Gasteiger partial charge in [0.2, 0.25) is 5.95 Å². The van der Waals surface area contributed by atoms with Crippen LogP contribution in [0.3, 0.4) is 0 Å². The zero-order valence-electron chi connectivity index (χ0n) is 11.9. The molecule has 7 heteroatoms. The Bertz CT molecular complexity index is 551. The second-order valence-corrected chi connectivity index (χ2v) is 6.69. The van der Waals surface area contributed by atoms with Crippen molar-refractivity contribution in [3.8, 4) is 0 Å². The molecule has 21 heavy (non-hydrogen) atoms. The molecule has 0 amide bonds. The van der Waals surface area contributed by atoms with E-state index in [1.54, 1.807) is 23.7 Å². The molecule has 2 aromatic rings. The molecule has 3 rings (SSSR count). The van der Waals surface area contributed by atoms with Crippen LogP contribution in [0.1, 0.15) is 17.7 Å². The molecule has 5 nitrogen and oxygen atoms in total. The highest BCUT2D eigenvalue weighted by Crippen LogP contribution is 2.21. The van der Waals surface area contributed by atoms with Gasteiger partial charge in [0.05, 0.1) is 22.9 Å². The molecule has 1 aliphatic heterocycles. The van der Waals surface area contributed by atoms with E-state index in [0.717, 1.165) is 38.4 Å². The van der Waals surface area contributed by atoms with Crippen LogP contribution in [0, 0.1) is 0 Å². The Kier molecular flexibility index (Phi) is 4.67. The predicted molar refractivity (Wildman–Crippen MR) is 85.9 cm³/mol. The van der Waals surface area contributed by atoms with Gasteiger partial charge in [-0.05, 0) is 12.8 Å². The average molecular weight is 324 g/mol. The summed E-state index contributed by atoms with van der Waals surface area (Å²) in [6.45, 7) is 3.21. The van der Waals surface area contributed by atoms with E-state index in [0.29, 0.717) is 11.1 Å². The lowest BCUT2D eigenvalue weighted by molar-refractivity contribution is 0.204. The zero-order valence-corrected chi connectivity index (χ0v) is 13.5. The van der Waals surface area contributed by atoms with Crippen LogP contribution in [0.2, 0.25) is 5.02 Å². The lowest BCUT2D eigenvalue weighted by atomic mass is 10.0. The smallest absolute Gasteiger partial charge is 0.225 e. The lowest BCUT2D eigenvalue weighted by Gasteiger charge is -2.36. The van der Waals surface area contributed by atoms with Crippen molar-refractivity contribution in [2.45, 2.75) is 25.4 Å². The van der Waals surface area contributed by atoms with Crippen molar-refractivity contribution in [2.24, 2.45) is 0 Å². The van der Waals surface area contributed by atoms with Gasteiger partial charge in [-0.2, -0.15) is 0 Å². The van der Waals surface area contributed by atoms with Crippen molar-refractivity contribution in [2.75, 3.05) is 25.0 Å². The van der Waals surface area contributed by atoms with E-state index in [-0.39, 0.29) is 0 Å². The number of rotatable bonds is 4. The summed E-state index contributed by atoms with van der Waals surface area (Å²) < 4.78 is 0. The highest BCUT2D eigenvalue weighted by molar-refractivity contribution is 7.09. The van der Waals surface area contributed by atoms with Crippen molar-refractivity contribution in [1.29, 1.82) is 0 Å². The van der Waals surface area contributed by atoms with Crippen molar-refractivity contribution in [3.63, 3.8) is 0 Å². The molecular weight excluding hydrogens is 306 g/mol. The van der Waals surface area contributed by atoms with Crippen molar-refractivity contribution >= 4 is 28.9 Å². The first kappa shape index (κ1) is 14.7. The van der Waals surface area contributed by atoms with Crippen molar-refractivity contribution < 1.29 is 0 Å². The van der Waals surface area contributed by atoms with Crippen molar-refractivity contribution in [1.82, 2.24) is 19.9 Å². The van der Waals surface area contributed by atoms with Gasteiger partial charge >= 0.3 is 0 Å². The van der Waals surface area contributed by atoms with Gasteiger partial charge in [-0.1, -0.05) is 11.6 Å². The molecule has 0 bridgehead atoms. The largest absolute Gasteiger partial charge is 0.341 e. The van der Waals surface area contributed by atoms with Crippen molar-refractivity contribution in [3.05, 3.63) is 34.0 Å². The van der Waals surface area contributed by atoms with E-state index in [2.05, 4.69) is 31.8 Å². The first-order valence-corrected chi connectivity index (χ1v) is 8.28. The van der Waals surface area contributed by atoms with E-state index in [9.17, 15) is 0 Å². The summed E-state index contributed by atoms with van der Waals surface area (Å²) in [7, 11) is 2.06. The number of piperidine rings is 1. The number of hydrogen-bond acceptors (Lipinski definition) is 6. The number of anilines is 1. The van der Waals surface area contributed by atoms with Crippen LogP contribution in [0.4, 0.5) is 5.95 Å². The molecule has 0 N–H and O–H groups in total. The number of likely N-dealkylation sites (tertiary alicyclic amines) is 1. The summed E-state index contributed by atoms with van der Waals surface area (Å²) in [6, 6.07) is 0.490. The highest BCUT2D eigenvalue weighted by Gasteiger charge is 2.24. The number of nitrogens with zero attached hydrogens (tertiary/aromatic N) is 5. The SMILES string of the molecule is CN(c1ncc(Cl)cn1)C1CCN(Cc2cncs2)CC1. The highest BCUT2D eigenvalue weighted by atomic mass is 35.5. The number of halogens is 1. The lowest BCUT2D eigenvalue weighted by Crippen LogP contribution is -2.43. The Balaban J connectivity index is 1.54. The fourth-order valence-electron chi connectivity index (χ4n) is 2.66. The summed E-state index contributed by atoms with van der Waals surface area (Å²) in [5, 5.41) is 0.575. The van der Waals surface area contributed by atoms with Gasteiger partial charge in [-0.15, -0.1) is 11.3 Å². The van der Waals surface area contributed by atoms with E-state index >= 15 is 0 Å². The normalized spacial score (nSPS) is 17.0. The Labute approximate surface area is 133 Å². The molecule has 1 fully saturated rings. The standard InChI is InChI=1S/C14H18ClN5S/c1-19(14-17-6-11(15)7-18-14)12-2-4-20(5-3-12)9-13-8-16-10-21-13/h6-8,10,12H,2-5,9H2,1H3. The monoisotopic (exact) mass is 323 g/mol. The number of hydrogen-bond donors (Lipinski definition) is 0. The maximum absolute atomic E-state index is 5.83. The summed E-state index contributed by atoms with van der Waals surface area (Å²) in [5.74, 6) is 0.750. The van der Waals surface area contributed by atoms with Crippen LogP contribution < -0.4 is 4.90 Å². The van der Waals surface area contributed by atoms with Gasteiger partial charge in [-0.25, -0.2) is 9.97 Å². The van der Waals surface area contributed by atoms with E-state index in [1.807, 2.05) is 11.7 Å². The summed E-state index contributed by atoms with van der Waals surface area (Å²) in [5.41, 5.74) is 1.90. The maximum atomic E-state index is 5.83. The molecular formula is C14H18ClN5S. The minimum atomic E-state index is 0.490. The molecule has 0 radical (unpaired) electrons. The van der Waals surface area contributed by atoms with Crippen LogP contribution in [0.5, 0.6) is 0 Å². The second-order valence-electron chi connectivity index (χ2n) is 5.29. The van der Waals surface area contributed by atoms with Gasteiger partial charge in [0, 0.05) is 43.8 Å². The third-order valence-corrected chi connectivity index (χ3v) is 4.85. The third-order valence-electron chi connectivity index (χ3n) is 3.89. The molecule has 0 atom stereocenters. The van der Waals surface area contributed by atoms with Gasteiger partial charge in [0.25, 0.3) is 0 Å². The van der Waals surface area contributed by atoms with E-state index in [4.69, 9.17) is 11.6 Å². The van der Waals surface area contributed by atoms with E-state index in [1.165, 1.54) is 4.88 Å². The molecule has 0 spiro atoms. The molecule has 0 aliphatic carbocycles. The third kappa shape index (κ3) is 3.70. The van der Waals surface area contributed by atoms with Crippen LogP contribution in [0.25, 0.3) is 0 Å². The van der Waals surface area contributed by atoms with Gasteiger partial charge < -0.3 is 4.90 Å². The average Bonchev–Trinajstić information content (AvgIpc) is 3.01. The zero-order chi connectivity index (χ0) is 14.7. The Morgan fingerprint density at radius 3 is 2.62 bits per heavy atom. The summed E-state index contributed by atoms with van der Waals surface area (Å²) >= 11 is 7.56. The van der Waals surface area contributed by atoms with Crippen LogP contribution in [0.15, 0.2) is 24.1 Å². The summed E-state index contributed by atoms with van der Waals surface area (Å²) in [4.78, 5) is 18.7. The first-order valence-electron chi connectivity index (χ1n) is 7.02. The minimum absolute atomic E-state index is 0.490. The topological polar surface area (TPSA) is 45.2 Å². The number of thiazole rings is 1. The summed E-state index contributed by atoms with van der Waals surface area (Å²) in [6.07, 6.45) is 7.52. The molecule has 0 unspecified atom stereocenters. The Hall–Kier alpha value is -1.24. The Morgan fingerprint density at radius 1 is 1.29 bits per heavy atom. The molecule has 3 heterocycles. The first-order chi connectivity index (χ1) is 10.2. The molecule has 1 aliphatic rings. The van der Waals surface area contributed by atoms with Gasteiger partial charge in [0.1, 0.15) is 0 Å². The van der Waals surface area contributed by atoms with E-state index < -0.39 is 0 Å². The van der Waals surface area contributed by atoms with Gasteiger partial charge in [-0.3, -0.25) is 9.88 Å². The molecule has 2 aromatic heterocycles. The maximum Gasteiger partial charge on any atom is 0.225 e. The molecule has 0 saturated carbocycles. The quantitative estimate of drug-likeness (QED) is 0.865. The van der Waals surface area contributed by atoms with Gasteiger partial charge in [0.15, 0.2) is 0 Å².